The summed E-state index contributed by atoms with van der Waals surface area (Å²) in [5.41, 5.74) is 15.8. The van der Waals surface area contributed by atoms with Gasteiger partial charge in [-0.1, -0.05) is 13.0 Å². The number of nitrogens with zero attached hydrogens (tertiary/aromatic N) is 5. The lowest BCUT2D eigenvalue weighted by atomic mass is 9.97. The second kappa shape index (κ2) is 12.6. The molecule has 0 saturated heterocycles. The number of hydrogen-bond acceptors (Lipinski definition) is 8. The summed E-state index contributed by atoms with van der Waals surface area (Å²) in [5.74, 6) is 2.49. The van der Waals surface area contributed by atoms with E-state index in [4.69, 9.17) is 21.0 Å². The van der Waals surface area contributed by atoms with Gasteiger partial charge in [-0.15, -0.1) is 5.17 Å². The van der Waals surface area contributed by atoms with Crippen molar-refractivity contribution in [2.24, 2.45) is 16.8 Å². The van der Waals surface area contributed by atoms with Crippen molar-refractivity contribution < 1.29 is 9.57 Å². The Morgan fingerprint density at radius 2 is 2.09 bits per heavy atom. The van der Waals surface area contributed by atoms with Crippen molar-refractivity contribution in [3.63, 3.8) is 0 Å². The van der Waals surface area contributed by atoms with E-state index in [-0.39, 0.29) is 0 Å². The first-order chi connectivity index (χ1) is 16.8. The summed E-state index contributed by atoms with van der Waals surface area (Å²) in [5, 5.41) is 3.42. The van der Waals surface area contributed by atoms with Crippen LogP contribution in [-0.4, -0.2) is 53.8 Å². The molecule has 0 bridgehead atoms. The maximum Gasteiger partial charge on any atom is 0.207 e. The minimum atomic E-state index is 0.533. The molecule has 0 unspecified atom stereocenters. The van der Waals surface area contributed by atoms with Gasteiger partial charge in [0, 0.05) is 44.3 Å². The summed E-state index contributed by atoms with van der Waals surface area (Å²) in [6.45, 7) is 5.55. The average molecular weight is 484 g/mol. The van der Waals surface area contributed by atoms with Gasteiger partial charge in [0.25, 0.3) is 0 Å². The molecule has 4 N–H and O–H groups in total. The molecular formula is C26H41N7O2. The molecular weight excluding hydrogens is 442 g/mol. The van der Waals surface area contributed by atoms with Crippen LogP contribution in [0.1, 0.15) is 46.0 Å². The summed E-state index contributed by atoms with van der Waals surface area (Å²) in [4.78, 5) is 14.3. The molecule has 3 rings (SSSR count). The molecule has 0 amide bonds. The number of benzene rings is 1. The second-order valence-corrected chi connectivity index (χ2v) is 9.12. The Morgan fingerprint density at radius 3 is 2.77 bits per heavy atom. The lowest BCUT2D eigenvalue weighted by Gasteiger charge is -2.29. The van der Waals surface area contributed by atoms with Crippen molar-refractivity contribution in [1.82, 2.24) is 19.7 Å². The molecule has 9 nitrogen and oxygen atoms in total. The first-order valence-corrected chi connectivity index (χ1v) is 12.4. The third-order valence-corrected chi connectivity index (χ3v) is 6.48. The number of ether oxygens (including phenoxy) is 1. The Kier molecular flexibility index (Phi) is 9.56. The highest BCUT2D eigenvalue weighted by atomic mass is 16.7. The van der Waals surface area contributed by atoms with Gasteiger partial charge in [-0.3, -0.25) is 14.8 Å². The van der Waals surface area contributed by atoms with E-state index < -0.39 is 0 Å². The Labute approximate surface area is 209 Å². The van der Waals surface area contributed by atoms with E-state index in [1.165, 1.54) is 12.8 Å². The van der Waals surface area contributed by atoms with Crippen molar-refractivity contribution >= 4 is 28.9 Å². The molecule has 35 heavy (non-hydrogen) atoms. The third-order valence-electron chi connectivity index (χ3n) is 6.48. The molecule has 1 aromatic carbocycles. The van der Waals surface area contributed by atoms with Crippen LogP contribution in [0.2, 0.25) is 0 Å². The molecule has 1 aliphatic rings. The van der Waals surface area contributed by atoms with Gasteiger partial charge in [0.15, 0.2) is 0 Å². The van der Waals surface area contributed by atoms with Crippen LogP contribution >= 0.6 is 0 Å². The number of nitrogens with two attached hydrogens (primary N) is 2. The number of allylic oxidation sites excluding steroid dienone is 3. The number of hydrogen-bond donors (Lipinski definition) is 2. The minimum absolute atomic E-state index is 0.533. The molecule has 9 heteroatoms. The van der Waals surface area contributed by atoms with Crippen LogP contribution in [0.15, 0.2) is 46.9 Å². The van der Waals surface area contributed by atoms with Gasteiger partial charge in [0.1, 0.15) is 0 Å². The molecule has 1 aliphatic carbocycles. The summed E-state index contributed by atoms with van der Waals surface area (Å²) in [6, 6.07) is 5.80. The molecule has 1 atom stereocenters. The zero-order valence-corrected chi connectivity index (χ0v) is 21.8. The summed E-state index contributed by atoms with van der Waals surface area (Å²) in [6.07, 6.45) is 11.2. The quantitative estimate of drug-likeness (QED) is 0.133. The van der Waals surface area contributed by atoms with Crippen molar-refractivity contribution in [2.75, 3.05) is 39.3 Å². The fourth-order valence-corrected chi connectivity index (χ4v) is 4.24. The smallest absolute Gasteiger partial charge is 0.207 e. The number of aliphatic imine (C=N–C) groups is 1. The summed E-state index contributed by atoms with van der Waals surface area (Å²) < 4.78 is 8.29. The molecule has 0 radical (unpaired) electrons. The molecule has 1 fully saturated rings. The van der Waals surface area contributed by atoms with Gasteiger partial charge < -0.3 is 20.8 Å². The monoisotopic (exact) mass is 483 g/mol. The normalized spacial score (nSPS) is 15.9. The summed E-state index contributed by atoms with van der Waals surface area (Å²) >= 11 is 0. The van der Waals surface area contributed by atoms with Gasteiger partial charge in [-0.05, 0) is 69.1 Å². The van der Waals surface area contributed by atoms with Gasteiger partial charge in [0.2, 0.25) is 11.8 Å². The Balaban J connectivity index is 1.61. The number of rotatable bonds is 14. The van der Waals surface area contributed by atoms with Crippen molar-refractivity contribution in [2.45, 2.75) is 52.5 Å². The maximum absolute atomic E-state index is 6.27. The van der Waals surface area contributed by atoms with Crippen LogP contribution in [0.5, 0.6) is 0 Å². The van der Waals surface area contributed by atoms with Gasteiger partial charge in [-0.25, -0.2) is 4.98 Å². The van der Waals surface area contributed by atoms with E-state index in [0.717, 1.165) is 48.5 Å². The predicted molar refractivity (Wildman–Crippen MR) is 143 cm³/mol. The zero-order valence-electron chi connectivity index (χ0n) is 21.8. The van der Waals surface area contributed by atoms with Crippen LogP contribution in [-0.2, 0) is 16.1 Å². The zero-order chi connectivity index (χ0) is 25.4. The largest absolute Gasteiger partial charge is 0.478 e. The minimum Gasteiger partial charge on any atom is -0.478 e. The number of anilines is 2. The standard InChI is InChI=1S/C26H41N7O2/c1-6-8-19(2)29-15-14-25(31(3)32(4)34-5)35-16-7-9-21(20-10-11-20)18-33-24-13-12-22(27)17-23(24)30-26(33)28/h8,12-15,17,20-21H,6-7,9-11,16,18,27H2,1-5H3,(H2,28,30)/b19-8-,25-14-,29-15-/t21-/m1/s1. The Bertz CT molecular complexity index is 1060. The first kappa shape index (κ1) is 26.6. The van der Waals surface area contributed by atoms with Crippen LogP contribution < -0.4 is 11.5 Å². The van der Waals surface area contributed by atoms with Crippen molar-refractivity contribution in [3.05, 3.63) is 41.9 Å². The lowest BCUT2D eigenvalue weighted by molar-refractivity contribution is -0.240. The fourth-order valence-electron chi connectivity index (χ4n) is 4.24. The van der Waals surface area contributed by atoms with Gasteiger partial charge in [0.05, 0.1) is 24.8 Å². The topological polar surface area (TPSA) is 107 Å². The first-order valence-electron chi connectivity index (χ1n) is 12.4. The molecule has 192 valence electrons. The number of nitrogen functional groups attached to an aromatic ring is 2. The number of fused-ring (bicyclic) bond motifs is 1. The molecule has 1 saturated carbocycles. The number of imidazole rings is 1. The molecule has 0 spiro atoms. The molecule has 2 aromatic rings. The van der Waals surface area contributed by atoms with Crippen LogP contribution in [0.25, 0.3) is 11.0 Å². The van der Waals surface area contributed by atoms with Crippen molar-refractivity contribution in [1.29, 1.82) is 0 Å². The van der Waals surface area contributed by atoms with E-state index in [1.807, 2.05) is 50.3 Å². The fraction of sp³-hybridized carbons (Fsp3) is 0.538. The Hall–Kier alpha value is -3.04. The second-order valence-electron chi connectivity index (χ2n) is 9.12. The number of hydrazine groups is 1. The van der Waals surface area contributed by atoms with E-state index in [2.05, 4.69) is 27.5 Å². The van der Waals surface area contributed by atoms with E-state index in [9.17, 15) is 0 Å². The van der Waals surface area contributed by atoms with Crippen molar-refractivity contribution in [3.8, 4) is 0 Å². The van der Waals surface area contributed by atoms with Crippen LogP contribution in [0.4, 0.5) is 11.6 Å². The predicted octanol–water partition coefficient (Wildman–Crippen LogP) is 4.59. The summed E-state index contributed by atoms with van der Waals surface area (Å²) in [7, 11) is 5.34. The molecule has 0 aliphatic heterocycles. The average Bonchev–Trinajstić information content (AvgIpc) is 3.63. The highest BCUT2D eigenvalue weighted by Crippen LogP contribution is 2.40. The lowest BCUT2D eigenvalue weighted by Crippen LogP contribution is -2.36. The third kappa shape index (κ3) is 7.47. The highest BCUT2D eigenvalue weighted by Gasteiger charge is 2.31. The maximum atomic E-state index is 6.27. The van der Waals surface area contributed by atoms with E-state index >= 15 is 0 Å². The SMILES string of the molecule is CC\C=C(C)/N=C\C=C(/OCCC[C@H](Cn1c(N)nc2cc(N)ccc21)C1CC1)N(C)N(C)OC. The number of aromatic nitrogens is 2. The highest BCUT2D eigenvalue weighted by molar-refractivity contribution is 5.81. The van der Waals surface area contributed by atoms with E-state index in [0.29, 0.717) is 30.0 Å². The van der Waals surface area contributed by atoms with Crippen LogP contribution in [0, 0.1) is 11.8 Å². The van der Waals surface area contributed by atoms with E-state index in [1.54, 1.807) is 18.5 Å². The van der Waals surface area contributed by atoms with Gasteiger partial charge in [-0.2, -0.15) is 0 Å². The molecule has 1 heterocycles. The van der Waals surface area contributed by atoms with Crippen LogP contribution in [0.3, 0.4) is 0 Å². The molecule has 1 aromatic heterocycles. The van der Waals surface area contributed by atoms with Gasteiger partial charge >= 0.3 is 0 Å². The number of hydroxylamine groups is 1. The Morgan fingerprint density at radius 1 is 1.31 bits per heavy atom.